The van der Waals surface area contributed by atoms with Crippen LogP contribution in [0.5, 0.6) is 0 Å². The molecule has 2 aromatic carbocycles. The zero-order valence-electron chi connectivity index (χ0n) is 18.2. The van der Waals surface area contributed by atoms with E-state index in [-0.39, 0.29) is 18.3 Å². The normalized spacial score (nSPS) is 12.5. The summed E-state index contributed by atoms with van der Waals surface area (Å²) in [4.78, 5) is 13.3. The lowest BCUT2D eigenvalue weighted by atomic mass is 10.2. The predicted octanol–water partition coefficient (Wildman–Crippen LogP) is 5.09. The fraction of sp³-hybridized carbons (Fsp3) is 0.348. The molecule has 0 aliphatic carbocycles. The zero-order valence-corrected chi connectivity index (χ0v) is 19.0. The van der Waals surface area contributed by atoms with Crippen molar-refractivity contribution in [3.8, 4) is 0 Å². The van der Waals surface area contributed by atoms with Gasteiger partial charge in [0.05, 0.1) is 28.6 Å². The van der Waals surface area contributed by atoms with Gasteiger partial charge in [0.15, 0.2) is 9.84 Å². The van der Waals surface area contributed by atoms with Crippen molar-refractivity contribution in [3.05, 3.63) is 61.2 Å². The minimum atomic E-state index is -3.29. The monoisotopic (exact) mass is 443 g/mol. The highest BCUT2D eigenvalue weighted by atomic mass is 32.2. The number of nitrogens with zero attached hydrogens (tertiary/aromatic N) is 3. The lowest BCUT2D eigenvalue weighted by molar-refractivity contribution is -0.137. The molecule has 166 valence electrons. The molecule has 31 heavy (non-hydrogen) atoms. The lowest BCUT2D eigenvalue weighted by Crippen LogP contribution is -2.23. The van der Waals surface area contributed by atoms with Crippen molar-refractivity contribution in [1.29, 1.82) is 0 Å². The number of hydrogen-bond acceptors (Lipinski definition) is 7. The molecule has 0 amide bonds. The van der Waals surface area contributed by atoms with E-state index in [9.17, 15) is 13.2 Å². The predicted molar refractivity (Wildman–Crippen MR) is 123 cm³/mol. The molecule has 0 N–H and O–H groups in total. The van der Waals surface area contributed by atoms with Gasteiger partial charge < -0.3 is 9.64 Å². The Morgan fingerprint density at radius 2 is 1.65 bits per heavy atom. The third kappa shape index (κ3) is 7.64. The molecule has 0 radical (unpaired) electrons. The highest BCUT2D eigenvalue weighted by Gasteiger charge is 2.17. The fourth-order valence-electron chi connectivity index (χ4n) is 2.67. The molecule has 2 aromatic rings. The number of carbonyl (C=O) groups excluding carboxylic acids is 1. The first kappa shape index (κ1) is 24.3. The summed E-state index contributed by atoms with van der Waals surface area (Å²) in [6.07, 6.45) is 1.96. The van der Waals surface area contributed by atoms with Gasteiger partial charge in [0.1, 0.15) is 6.61 Å². The van der Waals surface area contributed by atoms with Crippen molar-refractivity contribution >= 4 is 32.9 Å². The van der Waals surface area contributed by atoms with Gasteiger partial charge in [-0.3, -0.25) is 0 Å². The number of ether oxygens (including phenoxy) is 1. The molecule has 7 nitrogen and oxygen atoms in total. The van der Waals surface area contributed by atoms with Crippen molar-refractivity contribution in [2.75, 3.05) is 30.9 Å². The molecule has 0 saturated heterocycles. The van der Waals surface area contributed by atoms with Gasteiger partial charge in [-0.2, -0.15) is 10.2 Å². The van der Waals surface area contributed by atoms with Crippen LogP contribution in [-0.2, 0) is 19.4 Å². The van der Waals surface area contributed by atoms with E-state index in [0.717, 1.165) is 18.2 Å². The summed E-state index contributed by atoms with van der Waals surface area (Å²) in [7, 11) is -1.39. The Hall–Kier alpha value is -3.00. The first-order valence-electron chi connectivity index (χ1n) is 10.1. The Labute approximate surface area is 184 Å². The number of hydrogen-bond donors (Lipinski definition) is 0. The van der Waals surface area contributed by atoms with Crippen LogP contribution in [0.3, 0.4) is 0 Å². The third-order valence-corrected chi connectivity index (χ3v) is 6.80. The van der Waals surface area contributed by atoms with E-state index >= 15 is 0 Å². The summed E-state index contributed by atoms with van der Waals surface area (Å²) >= 11 is 0. The molecule has 1 atom stereocenters. The van der Waals surface area contributed by atoms with Crippen LogP contribution in [0.4, 0.5) is 17.1 Å². The van der Waals surface area contributed by atoms with Gasteiger partial charge in [-0.1, -0.05) is 26.8 Å². The second-order valence-corrected chi connectivity index (χ2v) is 9.33. The van der Waals surface area contributed by atoms with E-state index in [2.05, 4.69) is 16.8 Å². The van der Waals surface area contributed by atoms with Crippen molar-refractivity contribution in [2.24, 2.45) is 16.1 Å². The number of rotatable bonds is 11. The van der Waals surface area contributed by atoms with Gasteiger partial charge in [-0.15, -0.1) is 0 Å². The summed E-state index contributed by atoms with van der Waals surface area (Å²) in [6, 6.07) is 13.9. The van der Waals surface area contributed by atoms with Crippen molar-refractivity contribution in [2.45, 2.75) is 25.2 Å². The SMILES string of the molecule is C=CC(=O)OCCN(C)c1ccc(N=Nc2ccc(S(=O)(=O)C[C@H](C)CC)cc2)cc1. The van der Waals surface area contributed by atoms with E-state index < -0.39 is 15.8 Å². The van der Waals surface area contributed by atoms with E-state index in [1.165, 1.54) is 0 Å². The average molecular weight is 444 g/mol. The van der Waals surface area contributed by atoms with Gasteiger partial charge in [0.25, 0.3) is 0 Å². The first-order chi connectivity index (χ1) is 14.7. The summed E-state index contributed by atoms with van der Waals surface area (Å²) in [6.45, 7) is 8.09. The van der Waals surface area contributed by atoms with Gasteiger partial charge >= 0.3 is 5.97 Å². The molecule has 0 aliphatic rings. The Morgan fingerprint density at radius 1 is 1.10 bits per heavy atom. The molecule has 0 spiro atoms. The highest BCUT2D eigenvalue weighted by molar-refractivity contribution is 7.91. The molecule has 0 unspecified atom stereocenters. The summed E-state index contributed by atoms with van der Waals surface area (Å²) < 4.78 is 29.8. The molecular formula is C23H29N3O4S. The molecular weight excluding hydrogens is 414 g/mol. The average Bonchev–Trinajstić information content (AvgIpc) is 2.77. The Bertz CT molecular complexity index is 1000. The van der Waals surface area contributed by atoms with Crippen molar-refractivity contribution in [1.82, 2.24) is 0 Å². The maximum Gasteiger partial charge on any atom is 0.330 e. The second-order valence-electron chi connectivity index (χ2n) is 7.30. The number of sulfone groups is 1. The Balaban J connectivity index is 1.96. The molecule has 0 saturated carbocycles. The van der Waals surface area contributed by atoms with Crippen molar-refractivity contribution in [3.63, 3.8) is 0 Å². The van der Waals surface area contributed by atoms with Crippen LogP contribution in [0.1, 0.15) is 20.3 Å². The topological polar surface area (TPSA) is 88.4 Å². The van der Waals surface area contributed by atoms with E-state index in [0.29, 0.717) is 22.8 Å². The molecule has 0 aromatic heterocycles. The lowest BCUT2D eigenvalue weighted by Gasteiger charge is -2.18. The number of carbonyl (C=O) groups is 1. The van der Waals surface area contributed by atoms with Crippen LogP contribution in [0.2, 0.25) is 0 Å². The number of benzene rings is 2. The van der Waals surface area contributed by atoms with Gasteiger partial charge in [-0.25, -0.2) is 13.2 Å². The molecule has 0 fully saturated rings. The number of azo groups is 1. The molecule has 8 heteroatoms. The summed E-state index contributed by atoms with van der Waals surface area (Å²) in [5.74, 6) is -0.180. The second kappa shape index (κ2) is 11.4. The standard InChI is InChI=1S/C23H29N3O4S/c1-5-18(3)17-31(28,29)22-13-9-20(10-14-22)25-24-19-7-11-21(12-8-19)26(4)15-16-30-23(27)6-2/h6-14,18H,2,5,15-17H2,1,3-4H3/t18-/m1/s1. The largest absolute Gasteiger partial charge is 0.461 e. The quantitative estimate of drug-likeness (QED) is 0.274. The van der Waals surface area contributed by atoms with E-state index in [4.69, 9.17) is 4.74 Å². The maximum absolute atomic E-state index is 12.4. The third-order valence-electron chi connectivity index (χ3n) is 4.81. The van der Waals surface area contributed by atoms with Crippen LogP contribution in [-0.4, -0.2) is 40.3 Å². The Morgan fingerprint density at radius 3 is 2.16 bits per heavy atom. The van der Waals surface area contributed by atoms with Crippen LogP contribution >= 0.6 is 0 Å². The fourth-order valence-corrected chi connectivity index (χ4v) is 4.40. The van der Waals surface area contributed by atoms with Crippen molar-refractivity contribution < 1.29 is 17.9 Å². The minimum Gasteiger partial charge on any atom is -0.461 e. The van der Waals surface area contributed by atoms with Gasteiger partial charge in [0, 0.05) is 18.8 Å². The molecule has 0 heterocycles. The van der Waals surface area contributed by atoms with Crippen LogP contribution < -0.4 is 4.90 Å². The molecule has 0 aliphatic heterocycles. The summed E-state index contributed by atoms with van der Waals surface area (Å²) in [5, 5.41) is 8.38. The number of anilines is 1. The van der Waals surface area contributed by atoms with Gasteiger partial charge in [-0.05, 0) is 54.4 Å². The summed E-state index contributed by atoms with van der Waals surface area (Å²) in [5.41, 5.74) is 2.20. The number of likely N-dealkylation sites (N-methyl/N-ethyl adjacent to an activating group) is 1. The number of esters is 1. The maximum atomic E-state index is 12.4. The van der Waals surface area contributed by atoms with Gasteiger partial charge in [0.2, 0.25) is 0 Å². The highest BCUT2D eigenvalue weighted by Crippen LogP contribution is 2.23. The minimum absolute atomic E-state index is 0.119. The first-order valence-corrected chi connectivity index (χ1v) is 11.8. The van der Waals surface area contributed by atoms with Crippen LogP contribution in [0.15, 0.2) is 76.3 Å². The zero-order chi connectivity index (χ0) is 22.9. The molecule has 0 bridgehead atoms. The smallest absolute Gasteiger partial charge is 0.330 e. The van der Waals surface area contributed by atoms with E-state index in [1.807, 2.05) is 50.1 Å². The van der Waals surface area contributed by atoms with Crippen LogP contribution in [0, 0.1) is 5.92 Å². The molecule has 2 rings (SSSR count). The van der Waals surface area contributed by atoms with E-state index in [1.54, 1.807) is 24.3 Å². The Kier molecular flexibility index (Phi) is 8.93. The van der Waals surface area contributed by atoms with Crippen LogP contribution in [0.25, 0.3) is 0 Å².